The Kier molecular flexibility index (Phi) is 4.79. The number of carbonyl (C=O) groups excluding carboxylic acids is 2. The fourth-order valence-corrected chi connectivity index (χ4v) is 5.27. The number of sulfonamides is 1. The van der Waals surface area contributed by atoms with E-state index in [1.165, 1.54) is 10.4 Å². The van der Waals surface area contributed by atoms with E-state index < -0.39 is 21.6 Å². The standard InChI is InChI=1S/C18H22N2O4S/c1-3-19(4-2)15-16(21)13-9-5-6-10-14(13)17(22)18(15)25(23,24)20-11-7-8-12-20/h5-6,9-10H,3-4,7-8,11-12H2,1-2H3. The molecule has 0 spiro atoms. The molecule has 1 aliphatic heterocycles. The molecule has 0 saturated carbocycles. The number of ketones is 2. The molecule has 7 heteroatoms. The maximum Gasteiger partial charge on any atom is 0.249 e. The van der Waals surface area contributed by atoms with E-state index in [0.29, 0.717) is 26.2 Å². The van der Waals surface area contributed by atoms with E-state index in [-0.39, 0.29) is 21.7 Å². The monoisotopic (exact) mass is 362 g/mol. The molecule has 0 unspecified atom stereocenters. The maximum atomic E-state index is 13.2. The molecule has 6 nitrogen and oxygen atoms in total. The molecular weight excluding hydrogens is 340 g/mol. The van der Waals surface area contributed by atoms with Crippen molar-refractivity contribution < 1.29 is 18.0 Å². The van der Waals surface area contributed by atoms with Crippen LogP contribution in [0.25, 0.3) is 0 Å². The molecule has 1 fully saturated rings. The summed E-state index contributed by atoms with van der Waals surface area (Å²) in [5.41, 5.74) is 0.455. The third-order valence-electron chi connectivity index (χ3n) is 4.80. The number of hydrogen-bond donors (Lipinski definition) is 0. The molecule has 0 atom stereocenters. The first-order chi connectivity index (χ1) is 11.9. The van der Waals surface area contributed by atoms with Crippen molar-refractivity contribution in [1.82, 2.24) is 9.21 Å². The molecule has 1 aliphatic carbocycles. The van der Waals surface area contributed by atoms with E-state index in [2.05, 4.69) is 0 Å². The number of carbonyl (C=O) groups is 2. The van der Waals surface area contributed by atoms with Gasteiger partial charge in [-0.25, -0.2) is 8.42 Å². The van der Waals surface area contributed by atoms with Crippen LogP contribution in [0.2, 0.25) is 0 Å². The Labute approximate surface area is 148 Å². The zero-order valence-electron chi connectivity index (χ0n) is 14.5. The molecule has 134 valence electrons. The van der Waals surface area contributed by atoms with Crippen molar-refractivity contribution in [3.05, 3.63) is 46.0 Å². The van der Waals surface area contributed by atoms with Gasteiger partial charge < -0.3 is 4.90 Å². The molecule has 0 radical (unpaired) electrons. The van der Waals surface area contributed by atoms with Crippen LogP contribution in [0.15, 0.2) is 34.9 Å². The van der Waals surface area contributed by atoms with Crippen LogP contribution in [0.3, 0.4) is 0 Å². The largest absolute Gasteiger partial charge is 0.368 e. The molecular formula is C18H22N2O4S. The van der Waals surface area contributed by atoms with Gasteiger partial charge in [-0.15, -0.1) is 0 Å². The molecule has 1 aromatic carbocycles. The van der Waals surface area contributed by atoms with E-state index in [0.717, 1.165) is 12.8 Å². The van der Waals surface area contributed by atoms with Crippen molar-refractivity contribution in [2.75, 3.05) is 26.2 Å². The summed E-state index contributed by atoms with van der Waals surface area (Å²) in [6, 6.07) is 6.43. The van der Waals surface area contributed by atoms with Crippen LogP contribution >= 0.6 is 0 Å². The Morgan fingerprint density at radius 1 is 0.960 bits per heavy atom. The van der Waals surface area contributed by atoms with Gasteiger partial charge in [0.25, 0.3) is 0 Å². The van der Waals surface area contributed by atoms with Gasteiger partial charge in [0.2, 0.25) is 21.6 Å². The summed E-state index contributed by atoms with van der Waals surface area (Å²) in [5, 5.41) is 0. The Hall–Kier alpha value is -1.99. The minimum atomic E-state index is -4.00. The SMILES string of the molecule is CCN(CC)C1=C(S(=O)(=O)N2CCCC2)C(=O)c2ccccc2C1=O. The Morgan fingerprint density at radius 3 is 2.00 bits per heavy atom. The van der Waals surface area contributed by atoms with Gasteiger partial charge in [-0.2, -0.15) is 4.31 Å². The molecule has 0 bridgehead atoms. The zero-order valence-corrected chi connectivity index (χ0v) is 15.3. The van der Waals surface area contributed by atoms with Gasteiger partial charge in [-0.1, -0.05) is 24.3 Å². The van der Waals surface area contributed by atoms with Crippen LogP contribution in [-0.2, 0) is 10.0 Å². The van der Waals surface area contributed by atoms with Crippen molar-refractivity contribution in [3.8, 4) is 0 Å². The molecule has 1 aromatic rings. The predicted molar refractivity (Wildman–Crippen MR) is 94.8 cm³/mol. The summed E-state index contributed by atoms with van der Waals surface area (Å²) in [5.74, 6) is -0.972. The first-order valence-electron chi connectivity index (χ1n) is 8.61. The van der Waals surface area contributed by atoms with Crippen LogP contribution in [0, 0.1) is 0 Å². The van der Waals surface area contributed by atoms with E-state index in [1.807, 2.05) is 13.8 Å². The third-order valence-corrected chi connectivity index (χ3v) is 6.73. The first-order valence-corrected chi connectivity index (χ1v) is 10.0. The highest BCUT2D eigenvalue weighted by atomic mass is 32.2. The Morgan fingerprint density at radius 2 is 1.48 bits per heavy atom. The van der Waals surface area contributed by atoms with Crippen molar-refractivity contribution >= 4 is 21.6 Å². The molecule has 1 heterocycles. The summed E-state index contributed by atoms with van der Waals surface area (Å²) in [6.07, 6.45) is 1.54. The molecule has 25 heavy (non-hydrogen) atoms. The fourth-order valence-electron chi connectivity index (χ4n) is 3.46. The smallest absolute Gasteiger partial charge is 0.249 e. The van der Waals surface area contributed by atoms with Crippen LogP contribution in [0.4, 0.5) is 0 Å². The minimum Gasteiger partial charge on any atom is -0.368 e. The number of Topliss-reactive ketones (excluding diaryl/α,β-unsaturated/α-hetero) is 2. The average molecular weight is 362 g/mol. The van der Waals surface area contributed by atoms with Gasteiger partial charge in [0.05, 0.1) is 0 Å². The highest BCUT2D eigenvalue weighted by molar-refractivity contribution is 7.94. The van der Waals surface area contributed by atoms with Crippen LogP contribution in [0.1, 0.15) is 47.4 Å². The summed E-state index contributed by atoms with van der Waals surface area (Å²) < 4.78 is 27.7. The summed E-state index contributed by atoms with van der Waals surface area (Å²) >= 11 is 0. The lowest BCUT2D eigenvalue weighted by Crippen LogP contribution is -2.40. The number of likely N-dealkylation sites (N-methyl/N-ethyl adjacent to an activating group) is 1. The quantitative estimate of drug-likeness (QED) is 0.801. The lowest BCUT2D eigenvalue weighted by Gasteiger charge is -2.30. The fraction of sp³-hybridized carbons (Fsp3) is 0.444. The van der Waals surface area contributed by atoms with E-state index in [1.54, 1.807) is 23.1 Å². The molecule has 0 aromatic heterocycles. The van der Waals surface area contributed by atoms with Gasteiger partial charge in [0, 0.05) is 37.3 Å². The van der Waals surface area contributed by atoms with Gasteiger partial charge in [0.15, 0.2) is 4.91 Å². The second kappa shape index (κ2) is 6.72. The van der Waals surface area contributed by atoms with Crippen LogP contribution in [-0.4, -0.2) is 55.4 Å². The van der Waals surface area contributed by atoms with Crippen LogP contribution < -0.4 is 0 Å². The minimum absolute atomic E-state index is 0.0144. The van der Waals surface area contributed by atoms with E-state index >= 15 is 0 Å². The summed E-state index contributed by atoms with van der Waals surface area (Å²) in [6.45, 7) is 5.36. The average Bonchev–Trinajstić information content (AvgIpc) is 3.15. The van der Waals surface area contributed by atoms with Crippen LogP contribution in [0.5, 0.6) is 0 Å². The number of benzene rings is 1. The predicted octanol–water partition coefficient (Wildman–Crippen LogP) is 2.04. The van der Waals surface area contributed by atoms with Crippen molar-refractivity contribution in [2.45, 2.75) is 26.7 Å². The number of rotatable bonds is 5. The maximum absolute atomic E-state index is 13.2. The molecule has 1 saturated heterocycles. The first kappa shape index (κ1) is 17.8. The van der Waals surface area contributed by atoms with Crippen molar-refractivity contribution in [2.24, 2.45) is 0 Å². The summed E-state index contributed by atoms with van der Waals surface area (Å²) in [7, 11) is -4.00. The third kappa shape index (κ3) is 2.81. The van der Waals surface area contributed by atoms with Gasteiger partial charge >= 0.3 is 0 Å². The van der Waals surface area contributed by atoms with E-state index in [9.17, 15) is 18.0 Å². The lowest BCUT2D eigenvalue weighted by molar-refractivity contribution is 0.0948. The topological polar surface area (TPSA) is 74.8 Å². The second-order valence-electron chi connectivity index (χ2n) is 6.17. The van der Waals surface area contributed by atoms with Crippen molar-refractivity contribution in [3.63, 3.8) is 0 Å². The van der Waals surface area contributed by atoms with Crippen molar-refractivity contribution in [1.29, 1.82) is 0 Å². The molecule has 0 N–H and O–H groups in total. The van der Waals surface area contributed by atoms with Gasteiger partial charge in [-0.05, 0) is 26.7 Å². The Bertz CT molecular complexity index is 848. The Balaban J connectivity index is 2.26. The van der Waals surface area contributed by atoms with Gasteiger partial charge in [0.1, 0.15) is 5.70 Å². The second-order valence-corrected chi connectivity index (χ2v) is 8.04. The highest BCUT2D eigenvalue weighted by Gasteiger charge is 2.43. The molecule has 3 rings (SSSR count). The highest BCUT2D eigenvalue weighted by Crippen LogP contribution is 2.33. The molecule has 0 amide bonds. The normalized spacial score (nSPS) is 18.6. The van der Waals surface area contributed by atoms with Gasteiger partial charge in [-0.3, -0.25) is 9.59 Å². The summed E-state index contributed by atoms with van der Waals surface area (Å²) in [4.78, 5) is 27.4. The number of hydrogen-bond acceptors (Lipinski definition) is 5. The number of allylic oxidation sites excluding steroid dienone is 2. The number of fused-ring (bicyclic) bond motifs is 1. The van der Waals surface area contributed by atoms with E-state index in [4.69, 9.17) is 0 Å². The number of nitrogens with zero attached hydrogens (tertiary/aromatic N) is 2. The lowest BCUT2D eigenvalue weighted by atomic mass is 9.92. The molecule has 2 aliphatic rings. The zero-order chi connectivity index (χ0) is 18.2.